The summed E-state index contributed by atoms with van der Waals surface area (Å²) >= 11 is 1.96. The molecule has 0 saturated heterocycles. The second-order valence-electron chi connectivity index (χ2n) is 29.3. The molecule has 16 rings (SSSR count). The minimum atomic E-state index is -0.187. The van der Waals surface area contributed by atoms with Crippen molar-refractivity contribution < 1.29 is 0 Å². The lowest BCUT2D eigenvalue weighted by molar-refractivity contribution is 0.195. The van der Waals surface area contributed by atoms with Crippen molar-refractivity contribution in [2.75, 3.05) is 14.7 Å². The van der Waals surface area contributed by atoms with Gasteiger partial charge in [0.15, 0.2) is 0 Å². The van der Waals surface area contributed by atoms with Gasteiger partial charge in [0.05, 0.1) is 15.9 Å². The van der Waals surface area contributed by atoms with Gasteiger partial charge in [-0.15, -0.1) is 11.3 Å². The number of thiophene rings is 1. The Morgan fingerprint density at radius 3 is 1.73 bits per heavy atom. The molecule has 4 heterocycles. The first-order valence-corrected chi connectivity index (χ1v) is 31.2. The van der Waals surface area contributed by atoms with Gasteiger partial charge < -0.3 is 14.7 Å². The van der Waals surface area contributed by atoms with Crippen molar-refractivity contribution in [1.29, 1.82) is 0 Å². The fourth-order valence-corrected chi connectivity index (χ4v) is 18.8. The third kappa shape index (κ3) is 6.29. The van der Waals surface area contributed by atoms with Gasteiger partial charge in [-0.05, 0) is 188 Å². The Morgan fingerprint density at radius 2 is 0.963 bits per heavy atom. The van der Waals surface area contributed by atoms with Gasteiger partial charge in [0.1, 0.15) is 0 Å². The molecule has 3 nitrogen and oxygen atoms in total. The van der Waals surface area contributed by atoms with E-state index in [9.17, 15) is 0 Å². The first kappa shape index (κ1) is 49.3. The van der Waals surface area contributed by atoms with Crippen LogP contribution in [0.1, 0.15) is 173 Å². The number of nitrogens with zero attached hydrogens (tertiary/aromatic N) is 3. The van der Waals surface area contributed by atoms with E-state index >= 15 is 0 Å². The fraction of sp³-hybridized carbons (Fsp3) is 0.360. The first-order chi connectivity index (χ1) is 38.1. The Labute approximate surface area is 480 Å². The molecule has 3 aliphatic heterocycles. The van der Waals surface area contributed by atoms with Crippen molar-refractivity contribution in [3.8, 4) is 11.1 Å². The van der Waals surface area contributed by atoms with Gasteiger partial charge in [-0.25, -0.2) is 0 Å². The van der Waals surface area contributed by atoms with Crippen molar-refractivity contribution >= 4 is 100 Å². The van der Waals surface area contributed by atoms with Crippen molar-refractivity contribution in [2.24, 2.45) is 0 Å². The molecule has 1 saturated carbocycles. The van der Waals surface area contributed by atoms with Gasteiger partial charge in [-0.3, -0.25) is 0 Å². The molecule has 0 spiro atoms. The van der Waals surface area contributed by atoms with Crippen molar-refractivity contribution in [2.45, 2.75) is 172 Å². The Kier molecular flexibility index (Phi) is 9.80. The van der Waals surface area contributed by atoms with Gasteiger partial charge in [0.25, 0.3) is 6.71 Å². The van der Waals surface area contributed by atoms with E-state index in [0.717, 1.165) is 12.8 Å². The summed E-state index contributed by atoms with van der Waals surface area (Å²) in [6, 6.07) is 58.9. The number of hydrogen-bond donors (Lipinski definition) is 0. The monoisotopic (exact) mass is 1060 g/mol. The predicted octanol–water partition coefficient (Wildman–Crippen LogP) is 18.9. The number of benzene rings is 8. The maximum atomic E-state index is 2.86. The maximum Gasteiger partial charge on any atom is 0.252 e. The normalized spacial score (nSPS) is 23.4. The number of hydrogen-bond acceptors (Lipinski definition) is 4. The molecule has 80 heavy (non-hydrogen) atoms. The summed E-state index contributed by atoms with van der Waals surface area (Å²) in [5, 5.41) is 2.66. The molecule has 1 aromatic heterocycles. The molecule has 2 unspecified atom stereocenters. The fourth-order valence-electron chi connectivity index (χ4n) is 17.6. The molecule has 9 aromatic rings. The molecular weight excluding hydrogens is 986 g/mol. The Bertz CT molecular complexity index is 4210. The summed E-state index contributed by atoms with van der Waals surface area (Å²) < 4.78 is 2.67. The highest BCUT2D eigenvalue weighted by Gasteiger charge is 2.58. The molecular formula is C75H76BN3S. The molecule has 0 radical (unpaired) electrons. The van der Waals surface area contributed by atoms with Crippen LogP contribution in [0.5, 0.6) is 0 Å². The standard InChI is InChI=1S/C75H76BN3S/c1-69(2)34-35-70(3,4)55-38-45(30-31-52(55)69)77-62-44-57-56(71(5,6)36-37-72(57,7)8)42-59(62)76-58-41-50-47-22-13-15-25-51(47)73(9,10)54(50)43-63(58)78(61-28-21-24-49-48-23-14-18-29-66(48)80-68(49)61)65-40-46(39-64(77)67(65)76)79-60-27-17-16-26-53(60)74(11)32-19-20-33-75(74,79)12/h13-18,21-31,38-44H,19-20,32-37H2,1-12H3. The highest BCUT2D eigenvalue weighted by molar-refractivity contribution is 7.26. The van der Waals surface area contributed by atoms with Gasteiger partial charge in [-0.1, -0.05) is 180 Å². The summed E-state index contributed by atoms with van der Waals surface area (Å²) in [7, 11) is 0. The molecule has 2 atom stereocenters. The summed E-state index contributed by atoms with van der Waals surface area (Å²) in [5.41, 5.74) is 27.6. The van der Waals surface area contributed by atoms with Gasteiger partial charge in [-0.2, -0.15) is 0 Å². The van der Waals surface area contributed by atoms with Crippen molar-refractivity contribution in [3.63, 3.8) is 0 Å². The number of rotatable bonds is 3. The average molecular weight is 1060 g/mol. The van der Waals surface area contributed by atoms with Crippen molar-refractivity contribution in [3.05, 3.63) is 185 Å². The van der Waals surface area contributed by atoms with Crippen LogP contribution in [0, 0.1) is 0 Å². The quantitative estimate of drug-likeness (QED) is 0.163. The van der Waals surface area contributed by atoms with E-state index in [-0.39, 0.29) is 44.7 Å². The van der Waals surface area contributed by atoms with Crippen LogP contribution in [0.2, 0.25) is 0 Å². The molecule has 0 bridgehead atoms. The maximum absolute atomic E-state index is 2.86. The van der Waals surface area contributed by atoms with Crippen LogP contribution in [0.4, 0.5) is 45.5 Å². The summed E-state index contributed by atoms with van der Waals surface area (Å²) in [5.74, 6) is 0. The van der Waals surface area contributed by atoms with Crippen LogP contribution < -0.4 is 31.1 Å². The summed E-state index contributed by atoms with van der Waals surface area (Å²) in [4.78, 5) is 8.43. The lowest BCUT2D eigenvalue weighted by Gasteiger charge is -2.51. The van der Waals surface area contributed by atoms with Crippen LogP contribution in [-0.4, -0.2) is 12.3 Å². The van der Waals surface area contributed by atoms with Gasteiger partial charge in [0.2, 0.25) is 0 Å². The van der Waals surface area contributed by atoms with E-state index in [2.05, 4.69) is 243 Å². The molecule has 400 valence electrons. The molecule has 0 N–H and O–H groups in total. The number of para-hydroxylation sites is 1. The first-order valence-electron chi connectivity index (χ1n) is 30.3. The van der Waals surface area contributed by atoms with Gasteiger partial charge in [0, 0.05) is 66.1 Å². The van der Waals surface area contributed by atoms with Crippen LogP contribution in [0.15, 0.2) is 146 Å². The second kappa shape index (κ2) is 15.9. The number of anilines is 8. The zero-order chi connectivity index (χ0) is 55.0. The van der Waals surface area contributed by atoms with Crippen LogP contribution in [0.3, 0.4) is 0 Å². The Hall–Kier alpha value is -6.56. The SMILES string of the molecule is CC1(C)CCC(C)(C)c2cc(N3c4cc5c(cc4B4c6cc7c(cc6N(c6cccc8c6sc6ccccc68)c6cc(N8c9ccccc9C9(C)CCCCC89C)cc3c64)C(C)(C)c3ccccc3-7)C(C)(C)CCC5(C)C)ccc21. The van der Waals surface area contributed by atoms with Gasteiger partial charge >= 0.3 is 0 Å². The van der Waals surface area contributed by atoms with E-state index in [1.807, 2.05) is 11.3 Å². The lowest BCUT2D eigenvalue weighted by Crippen LogP contribution is -2.62. The second-order valence-corrected chi connectivity index (χ2v) is 30.3. The topological polar surface area (TPSA) is 9.72 Å². The molecule has 0 amide bonds. The Morgan fingerprint density at radius 1 is 0.388 bits per heavy atom. The van der Waals surface area contributed by atoms with Crippen LogP contribution in [0.25, 0.3) is 31.3 Å². The average Bonchev–Trinajstić information content (AvgIpc) is 4.04. The van der Waals surface area contributed by atoms with E-state index in [1.165, 1.54) is 171 Å². The van der Waals surface area contributed by atoms with Crippen molar-refractivity contribution in [1.82, 2.24) is 0 Å². The lowest BCUT2D eigenvalue weighted by atomic mass is 9.33. The summed E-state index contributed by atoms with van der Waals surface area (Å²) in [6.07, 6.45) is 9.50. The third-order valence-electron chi connectivity index (χ3n) is 22.7. The zero-order valence-electron chi connectivity index (χ0n) is 49.3. The predicted molar refractivity (Wildman–Crippen MR) is 344 cm³/mol. The summed E-state index contributed by atoms with van der Waals surface area (Å²) in [6.45, 7) is 30.2. The third-order valence-corrected chi connectivity index (χ3v) is 23.9. The van der Waals surface area contributed by atoms with E-state index in [4.69, 9.17) is 0 Å². The molecule has 8 aromatic carbocycles. The van der Waals surface area contributed by atoms with E-state index < -0.39 is 0 Å². The van der Waals surface area contributed by atoms with E-state index in [0.29, 0.717) is 0 Å². The minimum absolute atomic E-state index is 0.00573. The smallest absolute Gasteiger partial charge is 0.252 e. The zero-order valence-corrected chi connectivity index (χ0v) is 50.2. The molecule has 4 aliphatic carbocycles. The van der Waals surface area contributed by atoms with Crippen LogP contribution in [-0.2, 0) is 32.5 Å². The molecule has 5 heteroatoms. The largest absolute Gasteiger partial charge is 0.334 e. The Balaban J connectivity index is 1.08. The number of fused-ring (bicyclic) bond motifs is 15. The minimum Gasteiger partial charge on any atom is -0.334 e. The van der Waals surface area contributed by atoms with E-state index in [1.54, 1.807) is 0 Å². The highest BCUT2D eigenvalue weighted by atomic mass is 32.1. The molecule has 1 fully saturated rings. The molecule has 7 aliphatic rings. The highest BCUT2D eigenvalue weighted by Crippen LogP contribution is 2.63. The van der Waals surface area contributed by atoms with Crippen LogP contribution >= 0.6 is 11.3 Å².